The molecule has 71 heavy (non-hydrogen) atoms. The van der Waals surface area contributed by atoms with Gasteiger partial charge in [0.25, 0.3) is 0 Å². The molecular weight excluding hydrogens is 934 g/mol. The van der Waals surface area contributed by atoms with Gasteiger partial charge in [-0.3, -0.25) is 0 Å². The molecule has 390 valence electrons. The highest BCUT2D eigenvalue weighted by molar-refractivity contribution is 5.96. The molecule has 0 unspecified atom stereocenters. The highest BCUT2D eigenvalue weighted by atomic mass is 19.4. The van der Waals surface area contributed by atoms with E-state index in [1.54, 1.807) is 25.2 Å². The molecule has 1 aliphatic carbocycles. The maximum absolute atomic E-state index is 13.1. The Kier molecular flexibility index (Phi) is 26.7. The van der Waals surface area contributed by atoms with Gasteiger partial charge >= 0.3 is 18.2 Å². The smallest absolute Gasteiger partial charge is 0.416 e. The quantitative estimate of drug-likeness (QED) is 0.0344. The summed E-state index contributed by atoms with van der Waals surface area (Å²) >= 11 is 0. The number of esters is 1. The van der Waals surface area contributed by atoms with Crippen LogP contribution in [0.2, 0.25) is 0 Å². The van der Waals surface area contributed by atoms with Crippen molar-refractivity contribution < 1.29 is 79.6 Å². The van der Waals surface area contributed by atoms with Crippen molar-refractivity contribution in [2.45, 2.75) is 12.1 Å². The van der Waals surface area contributed by atoms with Crippen molar-refractivity contribution in [2.75, 3.05) is 164 Å². The van der Waals surface area contributed by atoms with Crippen LogP contribution in [0.1, 0.15) is 33.0 Å². The van der Waals surface area contributed by atoms with E-state index in [-0.39, 0.29) is 43.1 Å². The number of nitrogens with zero attached hydrogens (tertiary/aromatic N) is 1. The zero-order chi connectivity index (χ0) is 50.2. The number of rotatable bonds is 38. The Balaban J connectivity index is 0.697. The number of para-hydroxylation sites is 1. The number of likely N-dealkylation sites (N-methyl/N-ethyl adjacent to an activating group) is 1. The van der Waals surface area contributed by atoms with Crippen molar-refractivity contribution in [2.24, 2.45) is 0 Å². The van der Waals surface area contributed by atoms with E-state index in [2.05, 4.69) is 29.6 Å². The monoisotopic (exact) mass is 1000 g/mol. The number of hydrogen-bond acceptors (Lipinski definition) is 15. The van der Waals surface area contributed by atoms with E-state index in [1.165, 1.54) is 45.4 Å². The van der Waals surface area contributed by atoms with Crippen molar-refractivity contribution in [3.05, 3.63) is 119 Å². The van der Waals surface area contributed by atoms with Crippen molar-refractivity contribution >= 4 is 23.4 Å². The molecule has 1 amide bonds. The van der Waals surface area contributed by atoms with Crippen molar-refractivity contribution in [3.63, 3.8) is 0 Å². The van der Waals surface area contributed by atoms with Crippen LogP contribution >= 0.6 is 0 Å². The average Bonchev–Trinajstić information content (AvgIpc) is 3.70. The molecule has 0 radical (unpaired) electrons. The topological polar surface area (TPSA) is 160 Å². The van der Waals surface area contributed by atoms with Gasteiger partial charge in [0.1, 0.15) is 13.2 Å². The molecule has 1 N–H and O–H groups in total. The molecule has 0 bridgehead atoms. The number of anilines is 2. The molecule has 0 spiro atoms. The van der Waals surface area contributed by atoms with E-state index in [4.69, 9.17) is 56.8 Å². The highest BCUT2D eigenvalue weighted by Crippen LogP contribution is 2.44. The Morgan fingerprint density at radius 3 is 1.37 bits per heavy atom. The molecule has 0 saturated carbocycles. The van der Waals surface area contributed by atoms with Gasteiger partial charge in [-0.05, 0) is 52.6 Å². The fourth-order valence-corrected chi connectivity index (χ4v) is 7.05. The minimum atomic E-state index is -4.49. The average molecular weight is 1000 g/mol. The summed E-state index contributed by atoms with van der Waals surface area (Å²) in [6, 6.07) is 27.6. The summed E-state index contributed by atoms with van der Waals surface area (Å²) in [5, 5.41) is 2.86. The fourth-order valence-electron chi connectivity index (χ4n) is 7.05. The summed E-state index contributed by atoms with van der Waals surface area (Å²) in [7, 11) is 1.70. The molecule has 0 atom stereocenters. The highest BCUT2D eigenvalue weighted by Gasteiger charge is 2.31. The maximum atomic E-state index is 13.1. The van der Waals surface area contributed by atoms with Crippen LogP contribution in [0.15, 0.2) is 97.1 Å². The molecule has 0 fully saturated rings. The molecule has 0 saturated heterocycles. The van der Waals surface area contributed by atoms with E-state index in [1.807, 2.05) is 24.3 Å². The molecular formula is C52H67F3N2O14. The molecule has 0 aliphatic heterocycles. The minimum Gasteiger partial charge on any atom is -0.460 e. The first-order valence-electron chi connectivity index (χ1n) is 23.8. The fraction of sp³-hybridized carbons (Fsp3) is 0.500. The Hall–Kier alpha value is -5.19. The van der Waals surface area contributed by atoms with Gasteiger partial charge in [0.2, 0.25) is 0 Å². The van der Waals surface area contributed by atoms with Crippen LogP contribution in [-0.4, -0.2) is 176 Å². The number of alkyl halides is 3. The predicted octanol–water partition coefficient (Wildman–Crippen LogP) is 7.65. The third kappa shape index (κ3) is 21.6. The molecule has 19 heteroatoms. The number of fused-ring (bicyclic) bond motifs is 3. The second kappa shape index (κ2) is 33.5. The van der Waals surface area contributed by atoms with Gasteiger partial charge in [0.05, 0.1) is 149 Å². The van der Waals surface area contributed by atoms with Gasteiger partial charge in [-0.15, -0.1) is 0 Å². The van der Waals surface area contributed by atoms with Gasteiger partial charge in [-0.25, -0.2) is 9.59 Å². The lowest BCUT2D eigenvalue weighted by atomic mass is 9.98. The van der Waals surface area contributed by atoms with Gasteiger partial charge < -0.3 is 67.1 Å². The first kappa shape index (κ1) is 56.7. The van der Waals surface area contributed by atoms with E-state index in [9.17, 15) is 22.8 Å². The molecule has 4 aromatic rings. The number of carbonyl (C=O) groups excluding carboxylic acids is 2. The first-order chi connectivity index (χ1) is 34.7. The van der Waals surface area contributed by atoms with Gasteiger partial charge in [-0.1, -0.05) is 66.7 Å². The second-order valence-corrected chi connectivity index (χ2v) is 15.7. The second-order valence-electron chi connectivity index (χ2n) is 15.7. The lowest BCUT2D eigenvalue weighted by Crippen LogP contribution is -2.32. The number of nitrogens with one attached hydrogen (secondary N) is 1. The minimum absolute atomic E-state index is 0.0104. The van der Waals surface area contributed by atoms with Crippen LogP contribution < -0.4 is 5.32 Å². The first-order valence-corrected chi connectivity index (χ1v) is 23.8. The van der Waals surface area contributed by atoms with E-state index >= 15 is 0 Å². The lowest BCUT2D eigenvalue weighted by molar-refractivity contribution is -0.137. The van der Waals surface area contributed by atoms with Crippen LogP contribution in [0.25, 0.3) is 11.1 Å². The summed E-state index contributed by atoms with van der Waals surface area (Å²) in [6.45, 7) is 8.70. The summed E-state index contributed by atoms with van der Waals surface area (Å²) in [6.07, 6.45) is -4.86. The van der Waals surface area contributed by atoms with E-state index < -0.39 is 17.7 Å². The summed E-state index contributed by atoms with van der Waals surface area (Å²) in [5.74, 6) is -0.612. The molecule has 4 aromatic carbocycles. The largest absolute Gasteiger partial charge is 0.460 e. The van der Waals surface area contributed by atoms with Crippen LogP contribution in [-0.2, 0) is 63.0 Å². The van der Waals surface area contributed by atoms with Crippen LogP contribution in [0.4, 0.5) is 29.3 Å². The predicted molar refractivity (Wildman–Crippen MR) is 257 cm³/mol. The number of hydrogen-bond donors (Lipinski definition) is 1. The van der Waals surface area contributed by atoms with Crippen LogP contribution in [0.5, 0.6) is 0 Å². The summed E-state index contributed by atoms with van der Waals surface area (Å²) in [4.78, 5) is 26.8. The Morgan fingerprint density at radius 2 is 0.901 bits per heavy atom. The van der Waals surface area contributed by atoms with Gasteiger partial charge in [0.15, 0.2) is 0 Å². The molecule has 0 aromatic heterocycles. The SMILES string of the molecule is CN(CCOCCOCCOCCOCCOCCOCCOCCOCCOCCOCCOC(=O)c1ccccc1Nc1cccc(C(F)(F)F)c1)C(=O)OCC1c2ccccc2-c2ccccc21. The van der Waals surface area contributed by atoms with Crippen molar-refractivity contribution in [1.82, 2.24) is 4.90 Å². The number of carbonyl (C=O) groups is 2. The third-order valence-electron chi connectivity index (χ3n) is 10.6. The van der Waals surface area contributed by atoms with Crippen molar-refractivity contribution in [1.29, 1.82) is 0 Å². The Morgan fingerprint density at radius 1 is 0.493 bits per heavy atom. The molecule has 1 aliphatic rings. The van der Waals surface area contributed by atoms with Gasteiger partial charge in [0, 0.05) is 25.2 Å². The third-order valence-corrected chi connectivity index (χ3v) is 10.6. The summed E-state index contributed by atoms with van der Waals surface area (Å²) < 4.78 is 105. The van der Waals surface area contributed by atoms with Crippen LogP contribution in [0, 0.1) is 0 Å². The maximum Gasteiger partial charge on any atom is 0.416 e. The van der Waals surface area contributed by atoms with Crippen LogP contribution in [0.3, 0.4) is 0 Å². The summed E-state index contributed by atoms with van der Waals surface area (Å²) in [5.41, 5.74) is 4.64. The zero-order valence-electron chi connectivity index (χ0n) is 40.4. The number of ether oxygens (including phenoxy) is 12. The zero-order valence-corrected chi connectivity index (χ0v) is 40.4. The number of benzene rings is 4. The standard InChI is InChI=1S/C52H67F3N2O14/c1-57(51(59)71-40-48-45-13-4-2-11-43(45)44-12-3-5-14-46(44)48)17-18-60-19-20-61-21-22-62-23-24-63-25-26-64-27-28-65-29-30-66-31-32-67-33-34-68-35-36-69-37-38-70-50(58)47-15-6-7-16-49(47)56-42-10-8-9-41(39-42)52(53,54)55/h2-16,39,48,56H,17-38,40H2,1H3. The molecule has 0 heterocycles. The Bertz CT molecular complexity index is 2070. The normalized spacial score (nSPS) is 12.2. The van der Waals surface area contributed by atoms with Gasteiger partial charge in [-0.2, -0.15) is 13.2 Å². The molecule has 5 rings (SSSR count). The van der Waals surface area contributed by atoms with Crippen molar-refractivity contribution in [3.8, 4) is 11.1 Å². The number of halogens is 3. The Labute approximate surface area is 413 Å². The number of amides is 1. The lowest BCUT2D eigenvalue weighted by Gasteiger charge is -2.19. The van der Waals surface area contributed by atoms with E-state index in [0.29, 0.717) is 138 Å². The molecule has 16 nitrogen and oxygen atoms in total. The van der Waals surface area contributed by atoms with E-state index in [0.717, 1.165) is 12.1 Å².